The maximum absolute atomic E-state index is 13.1. The lowest BCUT2D eigenvalue weighted by atomic mass is 10.2. The number of rotatable bonds is 4. The van der Waals surface area contributed by atoms with E-state index in [0.717, 1.165) is 15.7 Å². The van der Waals surface area contributed by atoms with Crippen LogP contribution in [-0.2, 0) is 13.1 Å². The number of thiazole rings is 1. The fourth-order valence-electron chi connectivity index (χ4n) is 1.37. The first kappa shape index (κ1) is 14.6. The fourth-order valence-corrected chi connectivity index (χ4v) is 2.44. The lowest BCUT2D eigenvalue weighted by Crippen LogP contribution is -2.12. The van der Waals surface area contributed by atoms with Gasteiger partial charge in [-0.3, -0.25) is 0 Å². The van der Waals surface area contributed by atoms with Crippen molar-refractivity contribution in [1.82, 2.24) is 10.3 Å². The lowest BCUT2D eigenvalue weighted by molar-refractivity contribution is 0.618. The monoisotopic (exact) mass is 336 g/mol. The van der Waals surface area contributed by atoms with E-state index < -0.39 is 0 Å². The summed E-state index contributed by atoms with van der Waals surface area (Å²) < 4.78 is 13.8. The van der Waals surface area contributed by atoms with E-state index in [1.165, 1.54) is 12.1 Å². The van der Waals surface area contributed by atoms with Crippen LogP contribution in [0, 0.1) is 5.82 Å². The quantitative estimate of drug-likeness (QED) is 0.919. The van der Waals surface area contributed by atoms with Crippen molar-refractivity contribution in [2.75, 3.05) is 0 Å². The summed E-state index contributed by atoms with van der Waals surface area (Å²) in [6.07, 6.45) is 0. The van der Waals surface area contributed by atoms with Gasteiger partial charge in [0.25, 0.3) is 0 Å². The third-order valence-corrected chi connectivity index (χ3v) is 3.13. The summed E-state index contributed by atoms with van der Waals surface area (Å²) in [4.78, 5) is 4.16. The Hall–Kier alpha value is -0.490. The zero-order valence-electron chi connectivity index (χ0n) is 8.82. The highest BCUT2D eigenvalue weighted by molar-refractivity contribution is 9.10. The topological polar surface area (TPSA) is 24.9 Å². The molecule has 2 aromatic rings. The van der Waals surface area contributed by atoms with Crippen molar-refractivity contribution in [3.8, 4) is 0 Å². The number of nitrogens with one attached hydrogen (secondary N) is 1. The van der Waals surface area contributed by atoms with Gasteiger partial charge in [-0.1, -0.05) is 15.9 Å². The second-order valence-electron chi connectivity index (χ2n) is 3.36. The molecule has 0 fully saturated rings. The van der Waals surface area contributed by atoms with Gasteiger partial charge in [0.2, 0.25) is 0 Å². The average molecular weight is 338 g/mol. The Labute approximate surface area is 118 Å². The van der Waals surface area contributed by atoms with Crippen molar-refractivity contribution < 1.29 is 4.39 Å². The van der Waals surface area contributed by atoms with Crippen LogP contribution in [0.3, 0.4) is 0 Å². The predicted molar refractivity (Wildman–Crippen MR) is 74.0 cm³/mol. The number of aromatic nitrogens is 1. The molecule has 0 amide bonds. The third kappa shape index (κ3) is 4.71. The second kappa shape index (κ2) is 7.06. The molecule has 6 heteroatoms. The van der Waals surface area contributed by atoms with Gasteiger partial charge in [-0.05, 0) is 23.8 Å². The van der Waals surface area contributed by atoms with Crippen LogP contribution in [0.4, 0.5) is 4.39 Å². The Balaban J connectivity index is 0.00000144. The largest absolute Gasteiger partial charge is 0.307 e. The minimum absolute atomic E-state index is 0. The van der Waals surface area contributed by atoms with Crippen molar-refractivity contribution in [1.29, 1.82) is 0 Å². The van der Waals surface area contributed by atoms with Crippen molar-refractivity contribution in [3.05, 3.63) is 50.6 Å². The van der Waals surface area contributed by atoms with Crippen molar-refractivity contribution in [2.45, 2.75) is 13.1 Å². The summed E-state index contributed by atoms with van der Waals surface area (Å²) in [5.41, 5.74) is 3.73. The molecular formula is C11H11BrClFN2S. The molecule has 2 nitrogen and oxygen atoms in total. The Morgan fingerprint density at radius 3 is 2.76 bits per heavy atom. The standard InChI is InChI=1S/C11H10BrFN2S.ClH/c12-9-1-8(2-10(13)3-9)4-14-5-11-6-16-7-15-11;/h1-3,6-7,14H,4-5H2;1H. The highest BCUT2D eigenvalue weighted by Crippen LogP contribution is 2.14. The predicted octanol–water partition coefficient (Wildman–Crippen LogP) is 3.76. The van der Waals surface area contributed by atoms with Gasteiger partial charge < -0.3 is 5.32 Å². The molecular weight excluding hydrogens is 327 g/mol. The van der Waals surface area contributed by atoms with Crippen LogP contribution >= 0.6 is 39.7 Å². The highest BCUT2D eigenvalue weighted by Gasteiger charge is 1.99. The van der Waals surface area contributed by atoms with E-state index in [1.807, 2.05) is 11.4 Å². The van der Waals surface area contributed by atoms with E-state index >= 15 is 0 Å². The highest BCUT2D eigenvalue weighted by atomic mass is 79.9. The molecule has 0 aliphatic heterocycles. The summed E-state index contributed by atoms with van der Waals surface area (Å²) in [5, 5.41) is 5.21. The summed E-state index contributed by atoms with van der Waals surface area (Å²) >= 11 is 4.84. The summed E-state index contributed by atoms with van der Waals surface area (Å²) in [7, 11) is 0. The minimum Gasteiger partial charge on any atom is -0.307 e. The van der Waals surface area contributed by atoms with E-state index in [-0.39, 0.29) is 18.2 Å². The van der Waals surface area contributed by atoms with Gasteiger partial charge in [0.15, 0.2) is 0 Å². The van der Waals surface area contributed by atoms with E-state index in [0.29, 0.717) is 13.1 Å². The normalized spacial score (nSPS) is 10.0. The summed E-state index contributed by atoms with van der Waals surface area (Å²) in [6.45, 7) is 1.34. The van der Waals surface area contributed by atoms with Crippen LogP contribution in [-0.4, -0.2) is 4.98 Å². The van der Waals surface area contributed by atoms with Gasteiger partial charge in [0.05, 0.1) is 11.2 Å². The smallest absolute Gasteiger partial charge is 0.124 e. The van der Waals surface area contributed by atoms with Gasteiger partial charge in [0.1, 0.15) is 5.82 Å². The molecule has 1 aromatic carbocycles. The molecule has 1 heterocycles. The molecule has 0 spiro atoms. The third-order valence-electron chi connectivity index (χ3n) is 2.04. The Morgan fingerprint density at radius 1 is 1.29 bits per heavy atom. The molecule has 0 saturated carbocycles. The van der Waals surface area contributed by atoms with Gasteiger partial charge >= 0.3 is 0 Å². The molecule has 0 saturated heterocycles. The van der Waals surface area contributed by atoms with Crippen LogP contribution in [0.25, 0.3) is 0 Å². The van der Waals surface area contributed by atoms with Gasteiger partial charge in [0, 0.05) is 22.9 Å². The number of hydrogen-bond donors (Lipinski definition) is 1. The Kier molecular flexibility index (Phi) is 6.05. The van der Waals surface area contributed by atoms with Gasteiger partial charge in [-0.2, -0.15) is 0 Å². The van der Waals surface area contributed by atoms with Gasteiger partial charge in [-0.25, -0.2) is 9.37 Å². The zero-order chi connectivity index (χ0) is 11.4. The van der Waals surface area contributed by atoms with E-state index in [4.69, 9.17) is 0 Å². The molecule has 17 heavy (non-hydrogen) atoms. The molecule has 0 aliphatic carbocycles. The molecule has 0 radical (unpaired) electrons. The number of halogens is 3. The number of hydrogen-bond acceptors (Lipinski definition) is 3. The first-order valence-corrected chi connectivity index (χ1v) is 6.50. The van der Waals surface area contributed by atoms with E-state index in [1.54, 1.807) is 16.8 Å². The second-order valence-corrected chi connectivity index (χ2v) is 5.00. The van der Waals surface area contributed by atoms with Crippen LogP contribution in [0.5, 0.6) is 0 Å². The maximum Gasteiger partial charge on any atom is 0.124 e. The van der Waals surface area contributed by atoms with Crippen molar-refractivity contribution >= 4 is 39.7 Å². The van der Waals surface area contributed by atoms with E-state index in [2.05, 4.69) is 26.2 Å². The molecule has 0 atom stereocenters. The fraction of sp³-hybridized carbons (Fsp3) is 0.182. The zero-order valence-corrected chi connectivity index (χ0v) is 12.0. The molecule has 0 unspecified atom stereocenters. The molecule has 1 aromatic heterocycles. The Bertz CT molecular complexity index is 444. The average Bonchev–Trinajstić information content (AvgIpc) is 2.69. The van der Waals surface area contributed by atoms with Crippen LogP contribution in [0.2, 0.25) is 0 Å². The van der Waals surface area contributed by atoms with Crippen molar-refractivity contribution in [3.63, 3.8) is 0 Å². The van der Waals surface area contributed by atoms with Crippen molar-refractivity contribution in [2.24, 2.45) is 0 Å². The van der Waals surface area contributed by atoms with Crippen LogP contribution < -0.4 is 5.32 Å². The molecule has 92 valence electrons. The van der Waals surface area contributed by atoms with Gasteiger partial charge in [-0.15, -0.1) is 23.7 Å². The Morgan fingerprint density at radius 2 is 2.12 bits per heavy atom. The van der Waals surface area contributed by atoms with Crippen LogP contribution in [0.15, 0.2) is 33.6 Å². The molecule has 0 bridgehead atoms. The van der Waals surface area contributed by atoms with E-state index in [9.17, 15) is 4.39 Å². The molecule has 2 rings (SSSR count). The summed E-state index contributed by atoms with van der Waals surface area (Å²) in [5.74, 6) is -0.222. The maximum atomic E-state index is 13.1. The molecule has 1 N–H and O–H groups in total. The first-order valence-electron chi connectivity index (χ1n) is 4.77. The lowest BCUT2D eigenvalue weighted by Gasteiger charge is -2.04. The SMILES string of the molecule is Cl.Fc1cc(Br)cc(CNCc2cscn2)c1. The minimum atomic E-state index is -0.222. The number of benzene rings is 1. The number of nitrogens with zero attached hydrogens (tertiary/aromatic N) is 1. The molecule has 0 aliphatic rings. The van der Waals surface area contributed by atoms with Crippen LogP contribution in [0.1, 0.15) is 11.3 Å². The summed E-state index contributed by atoms with van der Waals surface area (Å²) in [6, 6.07) is 4.87. The first-order chi connectivity index (χ1) is 7.74.